The SMILES string of the molecule is COc1cccc(C(=O)N2CCN(C(=O)c3n[nH]nc3C)CC2)c1. The number of nitrogens with one attached hydrogen (secondary N) is 1. The second-order valence-electron chi connectivity index (χ2n) is 5.57. The van der Waals surface area contributed by atoms with Gasteiger partial charge in [-0.25, -0.2) is 0 Å². The molecule has 1 aliphatic heterocycles. The van der Waals surface area contributed by atoms with Crippen molar-refractivity contribution in [2.75, 3.05) is 33.3 Å². The Kier molecular flexibility index (Phi) is 4.45. The monoisotopic (exact) mass is 329 g/mol. The smallest absolute Gasteiger partial charge is 0.276 e. The Bertz CT molecular complexity index is 750. The van der Waals surface area contributed by atoms with Gasteiger partial charge in [0.15, 0.2) is 5.69 Å². The number of hydrogen-bond acceptors (Lipinski definition) is 5. The summed E-state index contributed by atoms with van der Waals surface area (Å²) in [4.78, 5) is 28.4. The van der Waals surface area contributed by atoms with Crippen molar-refractivity contribution in [3.8, 4) is 5.75 Å². The Balaban J connectivity index is 1.63. The molecule has 0 aliphatic carbocycles. The van der Waals surface area contributed by atoms with Crippen molar-refractivity contribution in [3.05, 3.63) is 41.2 Å². The van der Waals surface area contributed by atoms with Crippen molar-refractivity contribution in [1.29, 1.82) is 0 Å². The van der Waals surface area contributed by atoms with Gasteiger partial charge < -0.3 is 14.5 Å². The molecular weight excluding hydrogens is 310 g/mol. The number of aryl methyl sites for hydroxylation is 1. The fourth-order valence-corrected chi connectivity index (χ4v) is 2.69. The van der Waals surface area contributed by atoms with E-state index < -0.39 is 0 Å². The van der Waals surface area contributed by atoms with E-state index in [-0.39, 0.29) is 11.8 Å². The molecule has 0 bridgehead atoms. The zero-order valence-corrected chi connectivity index (χ0v) is 13.7. The van der Waals surface area contributed by atoms with E-state index in [2.05, 4.69) is 15.4 Å². The van der Waals surface area contributed by atoms with Crippen LogP contribution in [0.1, 0.15) is 26.5 Å². The molecule has 0 unspecified atom stereocenters. The number of benzene rings is 1. The van der Waals surface area contributed by atoms with Gasteiger partial charge in [0.1, 0.15) is 5.75 Å². The van der Waals surface area contributed by atoms with E-state index in [0.29, 0.717) is 48.9 Å². The van der Waals surface area contributed by atoms with Crippen LogP contribution in [0.5, 0.6) is 5.75 Å². The van der Waals surface area contributed by atoms with Gasteiger partial charge in [-0.2, -0.15) is 15.4 Å². The van der Waals surface area contributed by atoms with Gasteiger partial charge >= 0.3 is 0 Å². The standard InChI is InChI=1S/C16H19N5O3/c1-11-14(18-19-17-11)16(23)21-8-6-20(7-9-21)15(22)12-4-3-5-13(10-12)24-2/h3-5,10H,6-9H2,1-2H3,(H,17,18,19). The molecular formula is C16H19N5O3. The second kappa shape index (κ2) is 6.69. The van der Waals surface area contributed by atoms with Crippen LogP contribution in [-0.2, 0) is 0 Å². The van der Waals surface area contributed by atoms with E-state index in [0.717, 1.165) is 0 Å². The van der Waals surface area contributed by atoms with E-state index in [4.69, 9.17) is 4.74 Å². The molecule has 1 fully saturated rings. The van der Waals surface area contributed by atoms with Crippen LogP contribution in [0.15, 0.2) is 24.3 Å². The third kappa shape index (κ3) is 3.08. The number of carbonyl (C=O) groups excluding carboxylic acids is 2. The number of nitrogens with zero attached hydrogens (tertiary/aromatic N) is 4. The van der Waals surface area contributed by atoms with Crippen LogP contribution in [0.2, 0.25) is 0 Å². The summed E-state index contributed by atoms with van der Waals surface area (Å²) < 4.78 is 5.15. The maximum absolute atomic E-state index is 12.6. The molecule has 0 radical (unpaired) electrons. The predicted molar refractivity (Wildman–Crippen MR) is 85.9 cm³/mol. The van der Waals surface area contributed by atoms with E-state index in [1.165, 1.54) is 0 Å². The van der Waals surface area contributed by atoms with Gasteiger partial charge in [-0.3, -0.25) is 9.59 Å². The predicted octanol–water partition coefficient (Wildman–Crippen LogP) is 0.720. The number of amides is 2. The van der Waals surface area contributed by atoms with Crippen LogP contribution in [-0.4, -0.2) is 70.3 Å². The number of hydrogen-bond donors (Lipinski definition) is 1. The van der Waals surface area contributed by atoms with Crippen molar-refractivity contribution in [2.45, 2.75) is 6.92 Å². The van der Waals surface area contributed by atoms with E-state index in [9.17, 15) is 9.59 Å². The Labute approximate surface area is 139 Å². The average Bonchev–Trinajstić information content (AvgIpc) is 3.06. The molecule has 1 aliphatic rings. The normalized spacial score (nSPS) is 14.6. The Hall–Kier alpha value is -2.90. The minimum atomic E-state index is -0.158. The van der Waals surface area contributed by atoms with Crippen LogP contribution in [0, 0.1) is 6.92 Å². The molecule has 1 saturated heterocycles. The molecule has 1 aromatic carbocycles. The van der Waals surface area contributed by atoms with Crippen LogP contribution in [0.25, 0.3) is 0 Å². The highest BCUT2D eigenvalue weighted by Crippen LogP contribution is 2.16. The van der Waals surface area contributed by atoms with Crippen LogP contribution >= 0.6 is 0 Å². The van der Waals surface area contributed by atoms with Crippen molar-refractivity contribution >= 4 is 11.8 Å². The Morgan fingerprint density at radius 3 is 2.33 bits per heavy atom. The van der Waals surface area contributed by atoms with E-state index >= 15 is 0 Å². The first-order valence-corrected chi connectivity index (χ1v) is 7.70. The molecule has 3 rings (SSSR count). The number of aromatic amines is 1. The first-order chi connectivity index (χ1) is 11.6. The summed E-state index contributed by atoms with van der Waals surface area (Å²) in [5, 5.41) is 10.2. The second-order valence-corrected chi connectivity index (χ2v) is 5.57. The van der Waals surface area contributed by atoms with Crippen LogP contribution in [0.3, 0.4) is 0 Å². The lowest BCUT2D eigenvalue weighted by atomic mass is 10.1. The zero-order valence-electron chi connectivity index (χ0n) is 13.7. The third-order valence-electron chi connectivity index (χ3n) is 4.10. The number of carbonyl (C=O) groups is 2. The van der Waals surface area contributed by atoms with Crippen LogP contribution in [0.4, 0.5) is 0 Å². The highest BCUT2D eigenvalue weighted by molar-refractivity contribution is 5.95. The zero-order chi connectivity index (χ0) is 17.1. The molecule has 24 heavy (non-hydrogen) atoms. The molecule has 8 heteroatoms. The first-order valence-electron chi connectivity index (χ1n) is 7.70. The molecule has 0 spiro atoms. The summed E-state index contributed by atoms with van der Waals surface area (Å²) in [6.45, 7) is 3.65. The van der Waals surface area contributed by atoms with Crippen LogP contribution < -0.4 is 4.74 Å². The maximum atomic E-state index is 12.6. The summed E-state index contributed by atoms with van der Waals surface area (Å²) >= 11 is 0. The number of aromatic nitrogens is 3. The molecule has 1 aromatic heterocycles. The van der Waals surface area contributed by atoms with Gasteiger partial charge in [0.05, 0.1) is 12.8 Å². The summed E-state index contributed by atoms with van der Waals surface area (Å²) in [7, 11) is 1.57. The lowest BCUT2D eigenvalue weighted by Gasteiger charge is -2.34. The average molecular weight is 329 g/mol. The quantitative estimate of drug-likeness (QED) is 0.896. The summed E-state index contributed by atoms with van der Waals surface area (Å²) in [5.74, 6) is 0.435. The number of H-pyrrole nitrogens is 1. The number of piperazine rings is 1. The molecule has 2 heterocycles. The lowest BCUT2D eigenvalue weighted by Crippen LogP contribution is -2.50. The molecule has 1 N–H and O–H groups in total. The van der Waals surface area contributed by atoms with E-state index in [1.807, 2.05) is 0 Å². The first kappa shape index (κ1) is 16.0. The molecule has 0 atom stereocenters. The Morgan fingerprint density at radius 2 is 1.75 bits per heavy atom. The minimum Gasteiger partial charge on any atom is -0.497 e. The van der Waals surface area contributed by atoms with Gasteiger partial charge in [0.25, 0.3) is 11.8 Å². The van der Waals surface area contributed by atoms with Gasteiger partial charge in [0.2, 0.25) is 0 Å². The largest absolute Gasteiger partial charge is 0.497 e. The van der Waals surface area contributed by atoms with Gasteiger partial charge in [-0.15, -0.1) is 0 Å². The van der Waals surface area contributed by atoms with Crippen molar-refractivity contribution in [1.82, 2.24) is 25.2 Å². The molecule has 126 valence electrons. The summed E-state index contributed by atoms with van der Waals surface area (Å²) in [6.07, 6.45) is 0. The number of methoxy groups -OCH3 is 1. The molecule has 2 aromatic rings. The minimum absolute atomic E-state index is 0.0568. The molecule has 2 amide bonds. The third-order valence-corrected chi connectivity index (χ3v) is 4.10. The summed E-state index contributed by atoms with van der Waals surface area (Å²) in [5.41, 5.74) is 1.50. The van der Waals surface area contributed by atoms with Crippen molar-refractivity contribution in [3.63, 3.8) is 0 Å². The van der Waals surface area contributed by atoms with Gasteiger partial charge in [-0.05, 0) is 25.1 Å². The van der Waals surface area contributed by atoms with Gasteiger partial charge in [0, 0.05) is 31.7 Å². The summed E-state index contributed by atoms with van der Waals surface area (Å²) in [6, 6.07) is 7.08. The van der Waals surface area contributed by atoms with E-state index in [1.54, 1.807) is 48.1 Å². The number of ether oxygens (including phenoxy) is 1. The molecule has 8 nitrogen and oxygen atoms in total. The highest BCUT2D eigenvalue weighted by Gasteiger charge is 2.27. The Morgan fingerprint density at radius 1 is 1.08 bits per heavy atom. The highest BCUT2D eigenvalue weighted by atomic mass is 16.5. The topological polar surface area (TPSA) is 91.4 Å². The van der Waals surface area contributed by atoms with Gasteiger partial charge in [-0.1, -0.05) is 6.07 Å². The maximum Gasteiger partial charge on any atom is 0.276 e. The fourth-order valence-electron chi connectivity index (χ4n) is 2.69. The molecule has 0 saturated carbocycles. The van der Waals surface area contributed by atoms with Crippen molar-refractivity contribution < 1.29 is 14.3 Å². The number of rotatable bonds is 3. The lowest BCUT2D eigenvalue weighted by molar-refractivity contribution is 0.0531. The van der Waals surface area contributed by atoms with Crippen molar-refractivity contribution in [2.24, 2.45) is 0 Å². The fraction of sp³-hybridized carbons (Fsp3) is 0.375.